The minimum atomic E-state index is -0.155. The Morgan fingerprint density at radius 1 is 0.500 bits per heavy atom. The Morgan fingerprint density at radius 2 is 1.18 bits per heavy atom. The largest absolute Gasteiger partial charge is 4.00 e. The van der Waals surface area contributed by atoms with Crippen molar-refractivity contribution in [1.29, 1.82) is 0 Å². The van der Waals surface area contributed by atoms with Crippen LogP contribution in [0.15, 0.2) is 164 Å². The molecule has 328 valence electrons. The van der Waals surface area contributed by atoms with Crippen molar-refractivity contribution in [3.63, 3.8) is 0 Å². The molecule has 0 fully saturated rings. The molecule has 2 heterocycles. The number of nitrogens with zero attached hydrogens (tertiary/aromatic N) is 3. The normalized spacial score (nSPS) is 12.2. The Kier molecular flexibility index (Phi) is 11.6. The molecule has 0 saturated carbocycles. The van der Waals surface area contributed by atoms with Gasteiger partial charge in [0.2, 0.25) is 0 Å². The summed E-state index contributed by atoms with van der Waals surface area (Å²) in [5.74, 6) is 1.19. The van der Waals surface area contributed by atoms with Crippen LogP contribution in [0.1, 0.15) is 79.0 Å². The summed E-state index contributed by atoms with van der Waals surface area (Å²) in [7, 11) is 0. The van der Waals surface area contributed by atoms with E-state index in [1.165, 1.54) is 33.2 Å². The van der Waals surface area contributed by atoms with Crippen molar-refractivity contribution in [2.24, 2.45) is 0 Å². The van der Waals surface area contributed by atoms with Crippen LogP contribution < -0.4 is 9.30 Å². The zero-order chi connectivity index (χ0) is 45.3. The van der Waals surface area contributed by atoms with Crippen LogP contribution in [0.4, 0.5) is 0 Å². The van der Waals surface area contributed by atoms with Crippen LogP contribution in [0, 0.1) is 24.5 Å². The van der Waals surface area contributed by atoms with Crippen LogP contribution in [0.5, 0.6) is 11.5 Å². The number of imidazole rings is 1. The molecule has 8 aromatic carbocycles. The zero-order valence-electron chi connectivity index (χ0n) is 39.2. The minimum Gasteiger partial charge on any atom is -0.510 e. The Hall–Kier alpha value is -6.48. The van der Waals surface area contributed by atoms with E-state index >= 15 is 0 Å². The van der Waals surface area contributed by atoms with Crippen LogP contribution in [0.2, 0.25) is 0 Å². The second-order valence-corrected chi connectivity index (χ2v) is 20.3. The summed E-state index contributed by atoms with van der Waals surface area (Å²) in [6, 6.07) is 69.0. The third-order valence-electron chi connectivity index (χ3n) is 12.5. The van der Waals surface area contributed by atoms with E-state index in [9.17, 15) is 0 Å². The average Bonchev–Trinajstić information content (AvgIpc) is 3.84. The second-order valence-electron chi connectivity index (χ2n) is 20.3. The van der Waals surface area contributed by atoms with Gasteiger partial charge in [0.25, 0.3) is 6.33 Å². The van der Waals surface area contributed by atoms with Gasteiger partial charge in [-0.25, -0.2) is 0 Å². The molecule has 0 aliphatic carbocycles. The predicted octanol–water partition coefficient (Wildman–Crippen LogP) is 15.2. The van der Waals surface area contributed by atoms with Gasteiger partial charge < -0.3 is 13.9 Å². The monoisotopic (exact) mass is 1040 g/mol. The van der Waals surface area contributed by atoms with Crippen molar-refractivity contribution in [3.8, 4) is 50.8 Å². The van der Waals surface area contributed by atoms with Crippen molar-refractivity contribution < 1.29 is 30.4 Å². The molecule has 0 bridgehead atoms. The fourth-order valence-electron chi connectivity index (χ4n) is 9.02. The number of rotatable bonds is 7. The summed E-state index contributed by atoms with van der Waals surface area (Å²) in [4.78, 5) is 0. The second kappa shape index (κ2) is 17.1. The molecular formula is C61H54N3OPt+. The molecule has 0 aliphatic heterocycles. The number of aromatic nitrogens is 3. The van der Waals surface area contributed by atoms with Gasteiger partial charge in [-0.1, -0.05) is 177 Å². The summed E-state index contributed by atoms with van der Waals surface area (Å²) in [5.41, 5.74) is 15.2. The third kappa shape index (κ3) is 8.33. The van der Waals surface area contributed by atoms with Crippen LogP contribution in [0.25, 0.3) is 72.2 Å². The maximum Gasteiger partial charge on any atom is 4.00 e. The molecule has 10 rings (SSSR count). The van der Waals surface area contributed by atoms with Gasteiger partial charge in [-0.3, -0.25) is 4.57 Å². The number of hydrogen-bond donors (Lipinski definition) is 0. The van der Waals surface area contributed by atoms with E-state index in [0.717, 1.165) is 55.6 Å². The van der Waals surface area contributed by atoms with Crippen molar-refractivity contribution in [2.75, 3.05) is 0 Å². The van der Waals surface area contributed by atoms with Crippen molar-refractivity contribution >= 4 is 32.8 Å². The van der Waals surface area contributed by atoms with E-state index in [1.54, 1.807) is 0 Å². The van der Waals surface area contributed by atoms with Crippen molar-refractivity contribution in [1.82, 2.24) is 9.13 Å². The first-order valence-corrected chi connectivity index (χ1v) is 22.6. The van der Waals surface area contributed by atoms with Gasteiger partial charge in [-0.05, 0) is 72.8 Å². The first kappa shape index (κ1) is 44.7. The van der Waals surface area contributed by atoms with Gasteiger partial charge >= 0.3 is 21.1 Å². The Morgan fingerprint density at radius 3 is 1.95 bits per heavy atom. The molecule has 5 heteroatoms. The van der Waals surface area contributed by atoms with E-state index in [2.05, 4.69) is 240 Å². The van der Waals surface area contributed by atoms with Crippen LogP contribution in [0.3, 0.4) is 0 Å². The predicted molar refractivity (Wildman–Crippen MR) is 268 cm³/mol. The van der Waals surface area contributed by atoms with E-state index in [0.29, 0.717) is 11.5 Å². The first-order chi connectivity index (χ1) is 31.1. The van der Waals surface area contributed by atoms with Gasteiger partial charge in [-0.15, -0.1) is 35.7 Å². The van der Waals surface area contributed by atoms with Gasteiger partial charge in [0.15, 0.2) is 0 Å². The van der Waals surface area contributed by atoms with E-state index in [-0.39, 0.29) is 37.3 Å². The van der Waals surface area contributed by atoms with Crippen LogP contribution >= 0.6 is 0 Å². The van der Waals surface area contributed by atoms with Gasteiger partial charge in [0, 0.05) is 17.0 Å². The van der Waals surface area contributed by atoms with Gasteiger partial charge in [0.1, 0.15) is 0 Å². The van der Waals surface area contributed by atoms with E-state index in [1.807, 2.05) is 24.3 Å². The number of benzene rings is 8. The molecule has 0 amide bonds. The Bertz CT molecular complexity index is 3410. The van der Waals surface area contributed by atoms with E-state index in [4.69, 9.17) is 4.74 Å². The fraction of sp³-hybridized carbons (Fsp3) is 0.197. The molecule has 0 aliphatic rings. The molecule has 0 atom stereocenters. The number of hydrogen-bond acceptors (Lipinski definition) is 1. The molecule has 0 saturated heterocycles. The average molecular weight is 1040 g/mol. The van der Waals surface area contributed by atoms with Crippen LogP contribution in [-0.2, 0) is 37.3 Å². The molecule has 0 spiro atoms. The molecule has 0 N–H and O–H groups in total. The number of para-hydroxylation sites is 3. The fourth-order valence-corrected chi connectivity index (χ4v) is 9.02. The molecule has 0 unspecified atom stereocenters. The topological polar surface area (TPSA) is 23.0 Å². The summed E-state index contributed by atoms with van der Waals surface area (Å²) < 4.78 is 13.3. The summed E-state index contributed by atoms with van der Waals surface area (Å²) in [6.07, 6.45) is 3.81. The van der Waals surface area contributed by atoms with E-state index < -0.39 is 0 Å². The zero-order valence-corrected chi connectivity index (χ0v) is 41.4. The third-order valence-corrected chi connectivity index (χ3v) is 12.5. The molecular weight excluding hydrogens is 986 g/mol. The molecule has 2 aromatic heterocycles. The smallest absolute Gasteiger partial charge is 0.510 e. The minimum absolute atomic E-state index is 0. The summed E-state index contributed by atoms with van der Waals surface area (Å²) in [6.45, 7) is 20.4. The SMILES string of the molecule is CC(C)(C)c1cc[c-]c(-n2c3[c-]c(Oc4[c-]c(-n5[c-][n+](-c6c(-c7cccc(-c8ccccc8)c7)cccc6C(C)(C)C)c6ccccc65)ccc4)ccc3c3cc(C(C)(C)C)ccc32)c1.[Pt+4]. The summed E-state index contributed by atoms with van der Waals surface area (Å²) in [5, 5.41) is 2.30. The number of ether oxygens (including phenoxy) is 1. The Labute approximate surface area is 404 Å². The Balaban J connectivity index is 0.00000548. The molecule has 4 nitrogen and oxygen atoms in total. The molecule has 66 heavy (non-hydrogen) atoms. The summed E-state index contributed by atoms with van der Waals surface area (Å²) >= 11 is 0. The molecule has 0 radical (unpaired) electrons. The van der Waals surface area contributed by atoms with Gasteiger partial charge in [-0.2, -0.15) is 42.0 Å². The molecule has 10 aromatic rings. The maximum atomic E-state index is 6.71. The maximum absolute atomic E-state index is 6.71. The quantitative estimate of drug-likeness (QED) is 0.115. The van der Waals surface area contributed by atoms with Crippen molar-refractivity contribution in [3.05, 3.63) is 205 Å². The van der Waals surface area contributed by atoms with Crippen LogP contribution in [-0.4, -0.2) is 9.13 Å². The first-order valence-electron chi connectivity index (χ1n) is 22.6. The standard InChI is InChI=1S/C61H54N3O.Pt/c1-59(2,3)44-23-16-25-47(36-44)64-54-34-31-45(60(4,5)6)37-52(54)51-33-32-49(39-57(51)64)65-48-26-17-24-46(38-48)62-40-63(56-30-14-13-29-55(56)62)58-50(27-18-28-53(58)61(7,8)9)43-22-15-21-42(35-43)41-19-11-10-12-20-41;/h10-24,26-37H,1-9H3;/q-3;+4. The number of fused-ring (bicyclic) bond motifs is 4. The van der Waals surface area contributed by atoms with Gasteiger partial charge in [0.05, 0.1) is 16.7 Å². The van der Waals surface area contributed by atoms with Crippen molar-refractivity contribution in [2.45, 2.75) is 78.6 Å².